The molecule has 4 aliphatic carbocycles. The summed E-state index contributed by atoms with van der Waals surface area (Å²) in [7, 11) is 0. The van der Waals surface area contributed by atoms with Gasteiger partial charge in [0.05, 0.1) is 0 Å². The van der Waals surface area contributed by atoms with Gasteiger partial charge >= 0.3 is 0 Å². The van der Waals surface area contributed by atoms with Crippen molar-refractivity contribution in [3.63, 3.8) is 0 Å². The fraction of sp³-hybridized carbons (Fsp3) is 0.254. The summed E-state index contributed by atoms with van der Waals surface area (Å²) in [5, 5.41) is 7.75. The Balaban J connectivity index is 1.00. The Bertz CT molecular complexity index is 3370. The molecule has 9 aromatic rings. The van der Waals surface area contributed by atoms with Crippen LogP contribution in [-0.4, -0.2) is 0 Å². The van der Waals surface area contributed by atoms with Crippen molar-refractivity contribution < 1.29 is 4.42 Å². The molecule has 13 rings (SSSR count). The van der Waals surface area contributed by atoms with Gasteiger partial charge in [0.1, 0.15) is 11.2 Å². The lowest BCUT2D eigenvalue weighted by molar-refractivity contribution is 0.442. The van der Waals surface area contributed by atoms with Crippen LogP contribution in [0.25, 0.3) is 88.0 Å². The Morgan fingerprint density at radius 2 is 0.900 bits per heavy atom. The van der Waals surface area contributed by atoms with E-state index >= 15 is 0 Å². The number of rotatable bonds is 2. The first-order valence-corrected chi connectivity index (χ1v) is 22.5. The van der Waals surface area contributed by atoms with Gasteiger partial charge in [0.2, 0.25) is 0 Å². The third-order valence-electron chi connectivity index (χ3n) is 16.0. The zero-order valence-electron chi connectivity index (χ0n) is 35.6. The summed E-state index contributed by atoms with van der Waals surface area (Å²) < 4.78 is 7.10. The van der Waals surface area contributed by atoms with Crippen LogP contribution in [0.15, 0.2) is 132 Å². The van der Waals surface area contributed by atoms with Gasteiger partial charge in [0.25, 0.3) is 0 Å². The molecule has 0 amide bonds. The number of fused-ring (bicyclic) bond motifs is 16. The third kappa shape index (κ3) is 4.33. The van der Waals surface area contributed by atoms with Crippen molar-refractivity contribution >= 4 is 43.5 Å². The first kappa shape index (κ1) is 34.9. The molecule has 1 heterocycles. The Hall–Kier alpha value is -5.92. The molecule has 60 heavy (non-hydrogen) atoms. The fourth-order valence-corrected chi connectivity index (χ4v) is 12.8. The molecule has 1 heteroatoms. The van der Waals surface area contributed by atoms with E-state index in [0.29, 0.717) is 5.92 Å². The van der Waals surface area contributed by atoms with Gasteiger partial charge in [0.15, 0.2) is 0 Å². The molecule has 292 valence electrons. The molecule has 0 bridgehead atoms. The highest BCUT2D eigenvalue weighted by atomic mass is 16.3. The third-order valence-corrected chi connectivity index (χ3v) is 16.0. The van der Waals surface area contributed by atoms with Gasteiger partial charge in [-0.05, 0) is 149 Å². The second kappa shape index (κ2) is 11.7. The van der Waals surface area contributed by atoms with Crippen molar-refractivity contribution in [3.8, 4) is 44.5 Å². The smallest absolute Gasteiger partial charge is 0.143 e. The van der Waals surface area contributed by atoms with Crippen molar-refractivity contribution in [2.75, 3.05) is 0 Å². The quantitative estimate of drug-likeness (QED) is 0.170. The summed E-state index contributed by atoms with van der Waals surface area (Å²) in [5.74, 6) is 0.578. The van der Waals surface area contributed by atoms with Gasteiger partial charge in [0, 0.05) is 32.6 Å². The summed E-state index contributed by atoms with van der Waals surface area (Å²) in [6.07, 6.45) is 6.48. The highest BCUT2D eigenvalue weighted by Gasteiger charge is 2.45. The molecule has 1 saturated carbocycles. The fourth-order valence-electron chi connectivity index (χ4n) is 12.8. The zero-order valence-corrected chi connectivity index (χ0v) is 35.6. The highest BCUT2D eigenvalue weighted by Crippen LogP contribution is 2.61. The van der Waals surface area contributed by atoms with Crippen LogP contribution in [-0.2, 0) is 16.2 Å². The van der Waals surface area contributed by atoms with E-state index in [2.05, 4.69) is 169 Å². The van der Waals surface area contributed by atoms with Crippen LogP contribution < -0.4 is 0 Å². The van der Waals surface area contributed by atoms with Gasteiger partial charge in [-0.25, -0.2) is 0 Å². The summed E-state index contributed by atoms with van der Waals surface area (Å²) in [5.41, 5.74) is 22.5. The molecule has 1 aromatic heterocycles. The zero-order chi connectivity index (χ0) is 40.4. The molecule has 0 unspecified atom stereocenters. The Morgan fingerprint density at radius 3 is 1.62 bits per heavy atom. The van der Waals surface area contributed by atoms with Crippen LogP contribution >= 0.6 is 0 Å². The lowest BCUT2D eigenvalue weighted by Gasteiger charge is -2.25. The number of benzene rings is 8. The monoisotopic (exact) mass is 774 g/mol. The van der Waals surface area contributed by atoms with Crippen LogP contribution in [0.4, 0.5) is 0 Å². The average molecular weight is 775 g/mol. The summed E-state index contributed by atoms with van der Waals surface area (Å²) in [4.78, 5) is 0. The molecule has 0 saturated heterocycles. The maximum Gasteiger partial charge on any atom is 0.143 e. The van der Waals surface area contributed by atoms with Crippen molar-refractivity contribution in [1.82, 2.24) is 0 Å². The molecule has 8 aromatic carbocycles. The van der Waals surface area contributed by atoms with Gasteiger partial charge in [-0.15, -0.1) is 0 Å². The molecule has 1 fully saturated rings. The van der Waals surface area contributed by atoms with Crippen LogP contribution in [0.5, 0.6) is 0 Å². The second-order valence-corrected chi connectivity index (χ2v) is 20.2. The largest absolute Gasteiger partial charge is 0.455 e. The first-order valence-electron chi connectivity index (χ1n) is 22.5. The Morgan fingerprint density at radius 1 is 0.383 bits per heavy atom. The van der Waals surface area contributed by atoms with Gasteiger partial charge in [-0.2, -0.15) is 0 Å². The van der Waals surface area contributed by atoms with E-state index in [-0.39, 0.29) is 16.2 Å². The van der Waals surface area contributed by atoms with E-state index in [4.69, 9.17) is 4.42 Å². The van der Waals surface area contributed by atoms with Crippen molar-refractivity contribution in [2.24, 2.45) is 0 Å². The van der Waals surface area contributed by atoms with Crippen molar-refractivity contribution in [2.45, 2.75) is 95.8 Å². The minimum Gasteiger partial charge on any atom is -0.455 e. The molecule has 4 aliphatic rings. The van der Waals surface area contributed by atoms with Gasteiger partial charge in [-0.1, -0.05) is 158 Å². The van der Waals surface area contributed by atoms with Crippen LogP contribution in [0, 0.1) is 0 Å². The highest BCUT2D eigenvalue weighted by molar-refractivity contribution is 6.16. The maximum atomic E-state index is 7.10. The van der Waals surface area contributed by atoms with Crippen LogP contribution in [0.3, 0.4) is 0 Å². The SMILES string of the molecule is CC1(C)c2cc3c(cc2-c2cc4c(cc21)-c1c(cc(-c2cccc5c2oc2c(C6CCCCC6)cccc25)c2ccccc12)C4(C)C)C(C)(C)c1ccc2ccccc2c1-3. The minimum atomic E-state index is -0.202. The van der Waals surface area contributed by atoms with E-state index in [1.54, 1.807) is 0 Å². The second-order valence-electron chi connectivity index (χ2n) is 20.2. The molecular weight excluding hydrogens is 725 g/mol. The average Bonchev–Trinajstić information content (AvgIpc) is 3.91. The molecule has 0 atom stereocenters. The van der Waals surface area contributed by atoms with E-state index in [1.165, 1.54) is 148 Å². The summed E-state index contributed by atoms with van der Waals surface area (Å²) in [6.45, 7) is 14.7. The van der Waals surface area contributed by atoms with E-state index in [0.717, 1.165) is 11.2 Å². The van der Waals surface area contributed by atoms with Crippen LogP contribution in [0.1, 0.15) is 119 Å². The first-order chi connectivity index (χ1) is 29.0. The standard InChI is InChI=1S/C59H50O/c1-57(2)47-27-26-34-18-10-11-19-35(34)53(47)45-31-48-43(29-50(45)57)44-30-51-46(32-49(44)58(48,3)4)54-38-21-13-12-20-37(38)42(28-52(54)59(51,5)6)41-25-15-24-40-39-23-14-22-36(55(39)60-56(40)41)33-16-8-7-9-17-33/h10-15,18-33H,7-9,16-17H2,1-6H3. The van der Waals surface area contributed by atoms with E-state index in [9.17, 15) is 0 Å². The molecule has 0 radical (unpaired) electrons. The lowest BCUT2D eigenvalue weighted by Crippen LogP contribution is -2.17. The van der Waals surface area contributed by atoms with Gasteiger partial charge < -0.3 is 4.42 Å². The number of hydrogen-bond acceptors (Lipinski definition) is 1. The molecule has 1 nitrogen and oxygen atoms in total. The van der Waals surface area contributed by atoms with E-state index in [1.807, 2.05) is 0 Å². The number of furan rings is 1. The van der Waals surface area contributed by atoms with E-state index < -0.39 is 0 Å². The molecular formula is C59H50O. The number of hydrogen-bond donors (Lipinski definition) is 0. The molecule has 0 spiro atoms. The molecule has 0 aliphatic heterocycles. The maximum absolute atomic E-state index is 7.10. The van der Waals surface area contributed by atoms with Crippen LogP contribution in [0.2, 0.25) is 0 Å². The van der Waals surface area contributed by atoms with Crippen molar-refractivity contribution in [1.29, 1.82) is 0 Å². The summed E-state index contributed by atoms with van der Waals surface area (Å²) >= 11 is 0. The minimum absolute atomic E-state index is 0.0850. The van der Waals surface area contributed by atoms with Gasteiger partial charge in [-0.3, -0.25) is 0 Å². The topological polar surface area (TPSA) is 13.1 Å². The number of para-hydroxylation sites is 2. The Labute approximate surface area is 353 Å². The molecule has 0 N–H and O–H groups in total. The predicted molar refractivity (Wildman–Crippen MR) is 253 cm³/mol. The summed E-state index contributed by atoms with van der Waals surface area (Å²) in [6, 6.07) is 49.3. The Kier molecular flexibility index (Phi) is 6.79. The normalized spacial score (nSPS) is 17.8. The predicted octanol–water partition coefficient (Wildman–Crippen LogP) is 16.5. The van der Waals surface area contributed by atoms with Crippen molar-refractivity contribution in [3.05, 3.63) is 166 Å². The lowest BCUT2D eigenvalue weighted by atomic mass is 9.78.